The van der Waals surface area contributed by atoms with Crippen LogP contribution in [0.1, 0.15) is 25.8 Å². The van der Waals surface area contributed by atoms with Crippen LogP contribution in [0, 0.1) is 22.0 Å². The number of nitrogens with one attached hydrogen (secondary N) is 1. The number of non-ortho nitro benzene ring substituents is 1. The number of alkyl carbamates (subject to hydrolysis) is 1. The van der Waals surface area contributed by atoms with Crippen LogP contribution in [0.25, 0.3) is 0 Å². The molecule has 1 amide bonds. The number of nitrogens with zero attached hydrogens (tertiary/aromatic N) is 2. The molecule has 2 heterocycles. The Bertz CT molecular complexity index is 1260. The quantitative estimate of drug-likeness (QED) is 0.286. The molecule has 2 aromatic carbocycles. The van der Waals surface area contributed by atoms with E-state index in [2.05, 4.69) is 5.32 Å². The van der Waals surface area contributed by atoms with E-state index < -0.39 is 45.6 Å². The van der Waals surface area contributed by atoms with Gasteiger partial charge in [-0.3, -0.25) is 10.1 Å². The molecule has 13 heteroatoms. The van der Waals surface area contributed by atoms with Crippen LogP contribution in [0.4, 0.5) is 10.5 Å². The third kappa shape index (κ3) is 7.34. The second-order valence-corrected chi connectivity index (χ2v) is 12.4. The summed E-state index contributed by atoms with van der Waals surface area (Å²) >= 11 is 0. The normalized spacial score (nSPS) is 22.2. The lowest BCUT2D eigenvalue weighted by Gasteiger charge is -2.31. The van der Waals surface area contributed by atoms with Gasteiger partial charge < -0.3 is 24.6 Å². The van der Waals surface area contributed by atoms with E-state index in [0.717, 1.165) is 22.0 Å². The van der Waals surface area contributed by atoms with Gasteiger partial charge in [0.1, 0.15) is 6.10 Å². The van der Waals surface area contributed by atoms with Gasteiger partial charge in [-0.2, -0.15) is 4.31 Å². The molecule has 40 heavy (non-hydrogen) atoms. The maximum atomic E-state index is 13.5. The lowest BCUT2D eigenvalue weighted by Crippen LogP contribution is -2.51. The molecule has 0 saturated carbocycles. The molecule has 218 valence electrons. The molecule has 0 spiro atoms. The van der Waals surface area contributed by atoms with Gasteiger partial charge in [0.25, 0.3) is 5.69 Å². The van der Waals surface area contributed by atoms with Crippen LogP contribution in [0.3, 0.4) is 0 Å². The molecule has 0 aromatic heterocycles. The van der Waals surface area contributed by atoms with E-state index in [1.807, 2.05) is 44.2 Å². The molecule has 1 unspecified atom stereocenters. The Labute approximate surface area is 233 Å². The monoisotopic (exact) mass is 577 g/mol. The Balaban J connectivity index is 1.51. The third-order valence-corrected chi connectivity index (χ3v) is 8.80. The summed E-state index contributed by atoms with van der Waals surface area (Å²) < 4.78 is 44.8. The predicted octanol–water partition coefficient (Wildman–Crippen LogP) is 2.70. The van der Waals surface area contributed by atoms with Crippen molar-refractivity contribution < 1.29 is 37.5 Å². The number of hydrogen-bond acceptors (Lipinski definition) is 9. The first-order valence-electron chi connectivity index (χ1n) is 13.2. The first kappa shape index (κ1) is 29.9. The Morgan fingerprint density at radius 3 is 2.50 bits per heavy atom. The van der Waals surface area contributed by atoms with Crippen molar-refractivity contribution in [2.45, 2.75) is 56.1 Å². The molecule has 0 aliphatic carbocycles. The predicted molar refractivity (Wildman–Crippen MR) is 144 cm³/mol. The van der Waals surface area contributed by atoms with Gasteiger partial charge in [-0.15, -0.1) is 0 Å². The Hall–Kier alpha value is -3.10. The maximum absolute atomic E-state index is 13.5. The lowest BCUT2D eigenvalue weighted by molar-refractivity contribution is -0.384. The van der Waals surface area contributed by atoms with E-state index >= 15 is 0 Å². The number of aliphatic hydroxyl groups is 1. The first-order valence-corrected chi connectivity index (χ1v) is 14.7. The molecule has 2 aliphatic rings. The van der Waals surface area contributed by atoms with E-state index in [1.165, 1.54) is 12.1 Å². The van der Waals surface area contributed by atoms with Crippen LogP contribution in [0.2, 0.25) is 0 Å². The molecule has 0 bridgehead atoms. The second kappa shape index (κ2) is 13.0. The van der Waals surface area contributed by atoms with Crippen molar-refractivity contribution in [3.8, 4) is 0 Å². The number of nitro groups is 1. The number of rotatable bonds is 12. The van der Waals surface area contributed by atoms with Crippen molar-refractivity contribution in [2.24, 2.45) is 11.8 Å². The molecule has 2 aromatic rings. The van der Waals surface area contributed by atoms with Crippen molar-refractivity contribution in [1.82, 2.24) is 9.62 Å². The standard InChI is InChI=1S/C27H35N3O9S/c1-18(2)15-29(40(35,36)21-10-8-20(9-11-21)30(33)34)16-24(31)23(14-19-6-4-3-5-7-19)28-27(32)39-25-17-38-26-22(25)12-13-37-26/h3-11,18,22-26,31H,12-17H2,1-2H3,(H,28,32)/t22-,23-,24+,25?,26+/m0/s1. The number of benzene rings is 2. The molecule has 2 saturated heterocycles. The summed E-state index contributed by atoms with van der Waals surface area (Å²) in [5, 5.41) is 25.1. The number of fused-ring (bicyclic) bond motifs is 1. The fourth-order valence-corrected chi connectivity index (χ4v) is 6.55. The van der Waals surface area contributed by atoms with Crippen LogP contribution >= 0.6 is 0 Å². The number of carbonyl (C=O) groups is 1. The summed E-state index contributed by atoms with van der Waals surface area (Å²) in [5.41, 5.74) is 0.595. The minimum Gasteiger partial charge on any atom is -0.443 e. The van der Waals surface area contributed by atoms with Crippen molar-refractivity contribution in [1.29, 1.82) is 0 Å². The highest BCUT2D eigenvalue weighted by atomic mass is 32.2. The van der Waals surface area contributed by atoms with E-state index in [1.54, 1.807) is 0 Å². The molecule has 2 N–H and O–H groups in total. The summed E-state index contributed by atoms with van der Waals surface area (Å²) in [4.78, 5) is 23.2. The van der Waals surface area contributed by atoms with Gasteiger partial charge in [0.05, 0.1) is 41.1 Å². The van der Waals surface area contributed by atoms with Crippen molar-refractivity contribution in [3.63, 3.8) is 0 Å². The van der Waals surface area contributed by atoms with E-state index in [0.29, 0.717) is 13.0 Å². The number of hydrogen-bond donors (Lipinski definition) is 2. The van der Waals surface area contributed by atoms with Crippen LogP contribution in [0.15, 0.2) is 59.5 Å². The second-order valence-electron chi connectivity index (χ2n) is 10.4. The molecule has 12 nitrogen and oxygen atoms in total. The van der Waals surface area contributed by atoms with Crippen molar-refractivity contribution >= 4 is 21.8 Å². The smallest absolute Gasteiger partial charge is 0.407 e. The molecular formula is C27H35N3O9S. The average molecular weight is 578 g/mol. The summed E-state index contributed by atoms with van der Waals surface area (Å²) in [6.07, 6.45) is -1.99. The number of sulfonamides is 1. The van der Waals surface area contributed by atoms with Crippen LogP contribution in [-0.4, -0.2) is 79.7 Å². The Kier molecular flexibility index (Phi) is 9.74. The summed E-state index contributed by atoms with van der Waals surface area (Å²) in [5.74, 6) is -0.147. The van der Waals surface area contributed by atoms with Gasteiger partial charge >= 0.3 is 6.09 Å². The minimum atomic E-state index is -4.12. The molecule has 0 radical (unpaired) electrons. The van der Waals surface area contributed by atoms with Gasteiger partial charge in [0.2, 0.25) is 10.0 Å². The highest BCUT2D eigenvalue weighted by molar-refractivity contribution is 7.89. The van der Waals surface area contributed by atoms with Gasteiger partial charge in [0.15, 0.2) is 6.29 Å². The number of amides is 1. The number of ether oxygens (including phenoxy) is 3. The van der Waals surface area contributed by atoms with Crippen LogP contribution in [0.5, 0.6) is 0 Å². The zero-order valence-corrected chi connectivity index (χ0v) is 23.2. The zero-order valence-electron chi connectivity index (χ0n) is 22.4. The Morgan fingerprint density at radius 2 is 1.85 bits per heavy atom. The van der Waals surface area contributed by atoms with Crippen LogP contribution < -0.4 is 5.32 Å². The average Bonchev–Trinajstić information content (AvgIpc) is 3.53. The largest absolute Gasteiger partial charge is 0.443 e. The molecular weight excluding hydrogens is 542 g/mol. The van der Waals surface area contributed by atoms with Gasteiger partial charge in [-0.1, -0.05) is 44.2 Å². The molecule has 5 atom stereocenters. The zero-order chi connectivity index (χ0) is 28.9. The van der Waals surface area contributed by atoms with E-state index in [-0.39, 0.29) is 48.5 Å². The molecule has 2 aliphatic heterocycles. The van der Waals surface area contributed by atoms with Gasteiger partial charge in [0, 0.05) is 25.2 Å². The topological polar surface area (TPSA) is 158 Å². The SMILES string of the molecule is CC(C)CN(C[C@@H](O)[C@H](Cc1ccccc1)NC(=O)OC1CO[C@H]2OCC[C@@H]12)S(=O)(=O)c1ccc([N+](=O)[O-])cc1. The fourth-order valence-electron chi connectivity index (χ4n) is 4.92. The minimum absolute atomic E-state index is 0.0587. The van der Waals surface area contributed by atoms with Crippen molar-refractivity contribution in [3.05, 3.63) is 70.3 Å². The van der Waals surface area contributed by atoms with Crippen LogP contribution in [-0.2, 0) is 30.7 Å². The summed E-state index contributed by atoms with van der Waals surface area (Å²) in [6.45, 7) is 4.18. The number of carbonyl (C=O) groups excluding carboxylic acids is 1. The first-order chi connectivity index (χ1) is 19.0. The number of aliphatic hydroxyl groups excluding tert-OH is 1. The molecule has 4 rings (SSSR count). The Morgan fingerprint density at radius 1 is 1.15 bits per heavy atom. The maximum Gasteiger partial charge on any atom is 0.407 e. The third-order valence-electron chi connectivity index (χ3n) is 6.95. The highest BCUT2D eigenvalue weighted by Gasteiger charge is 2.44. The fraction of sp³-hybridized carbons (Fsp3) is 0.519. The van der Waals surface area contributed by atoms with Gasteiger partial charge in [-0.05, 0) is 36.5 Å². The summed E-state index contributed by atoms with van der Waals surface area (Å²) in [7, 11) is -4.12. The number of nitro benzene ring substituents is 1. The summed E-state index contributed by atoms with van der Waals surface area (Å²) in [6, 6.07) is 12.9. The van der Waals surface area contributed by atoms with E-state index in [4.69, 9.17) is 14.2 Å². The molecule has 2 fully saturated rings. The lowest BCUT2D eigenvalue weighted by atomic mass is 10.0. The highest BCUT2D eigenvalue weighted by Crippen LogP contribution is 2.33. The van der Waals surface area contributed by atoms with Crippen molar-refractivity contribution in [2.75, 3.05) is 26.3 Å². The van der Waals surface area contributed by atoms with Gasteiger partial charge in [-0.25, -0.2) is 13.2 Å². The van der Waals surface area contributed by atoms with E-state index in [9.17, 15) is 28.4 Å².